The highest BCUT2D eigenvalue weighted by Gasteiger charge is 2.64. The highest BCUT2D eigenvalue weighted by Crippen LogP contribution is 2.49. The Morgan fingerprint density at radius 3 is 2.55 bits per heavy atom. The summed E-state index contributed by atoms with van der Waals surface area (Å²) >= 11 is 0. The average Bonchev–Trinajstić information content (AvgIpc) is 4.16. The molecule has 9 rings (SSSR count). The van der Waals surface area contributed by atoms with E-state index in [0.29, 0.717) is 63.7 Å². The number of pyridine rings is 1. The van der Waals surface area contributed by atoms with Gasteiger partial charge in [0.2, 0.25) is 21.8 Å². The van der Waals surface area contributed by atoms with E-state index in [-0.39, 0.29) is 19.4 Å². The Morgan fingerprint density at radius 2 is 1.81 bits per heavy atom. The number of rotatable bonds is 10. The number of allylic oxidation sites excluding steroid dienone is 1. The summed E-state index contributed by atoms with van der Waals surface area (Å²) in [5.41, 5.74) is -0.524. The number of morpholine rings is 1. The lowest BCUT2D eigenvalue weighted by Gasteiger charge is -2.38. The number of hydrogen-bond donors (Lipinski definition) is 3. The number of nitrogens with zero attached hydrogens (tertiary/aromatic N) is 3. The van der Waals surface area contributed by atoms with Crippen LogP contribution in [-0.4, -0.2) is 127 Å². The van der Waals surface area contributed by atoms with Crippen molar-refractivity contribution >= 4 is 44.7 Å². The topological polar surface area (TPSA) is 195 Å². The fraction of sp³-hybridized carbons (Fsp3) is 0.681. The molecule has 16 nitrogen and oxygen atoms in total. The number of nitrogens with one attached hydrogen (secondary N) is 3. The number of aryl methyl sites for hydroxylation is 2. The van der Waals surface area contributed by atoms with Gasteiger partial charge in [0.25, 0.3) is 5.91 Å². The van der Waals surface area contributed by atoms with Crippen molar-refractivity contribution < 1.29 is 46.5 Å². The number of alkyl carbamates (subject to hydrolysis) is 1. The zero-order valence-corrected chi connectivity index (χ0v) is 38.3. The van der Waals surface area contributed by atoms with Gasteiger partial charge in [-0.1, -0.05) is 31.9 Å². The molecule has 5 heterocycles. The number of amides is 4. The first-order valence-corrected chi connectivity index (χ1v) is 25.1. The van der Waals surface area contributed by atoms with Gasteiger partial charge in [0.05, 0.1) is 35.7 Å². The number of hydrogen-bond acceptors (Lipinski definition) is 12. The van der Waals surface area contributed by atoms with Crippen molar-refractivity contribution in [2.75, 3.05) is 46.0 Å². The summed E-state index contributed by atoms with van der Waals surface area (Å²) in [6.07, 6.45) is 11.8. The Morgan fingerprint density at radius 1 is 1.02 bits per heavy atom. The van der Waals surface area contributed by atoms with Gasteiger partial charge in [-0.3, -0.25) is 24.0 Å². The van der Waals surface area contributed by atoms with Gasteiger partial charge in [-0.25, -0.2) is 18.2 Å². The van der Waals surface area contributed by atoms with Crippen LogP contribution in [0.5, 0.6) is 11.5 Å². The molecule has 5 fully saturated rings. The van der Waals surface area contributed by atoms with Crippen molar-refractivity contribution in [2.24, 2.45) is 5.92 Å². The van der Waals surface area contributed by atoms with Gasteiger partial charge in [-0.15, -0.1) is 0 Å². The number of sulfonamides is 1. The molecule has 1 aromatic carbocycles. The summed E-state index contributed by atoms with van der Waals surface area (Å²) in [6, 6.07) is 3.86. The zero-order valence-electron chi connectivity index (χ0n) is 37.5. The molecular weight excluding hydrogens is 841 g/mol. The third-order valence-corrected chi connectivity index (χ3v) is 17.2. The summed E-state index contributed by atoms with van der Waals surface area (Å²) in [7, 11) is -4.00. The summed E-state index contributed by atoms with van der Waals surface area (Å²) in [6.45, 7) is 10.1. The minimum Gasteiger partial charge on any atom is -0.492 e. The van der Waals surface area contributed by atoms with E-state index >= 15 is 4.79 Å². The van der Waals surface area contributed by atoms with Crippen LogP contribution in [0.1, 0.15) is 115 Å². The Labute approximate surface area is 376 Å². The molecule has 4 aliphatic heterocycles. The van der Waals surface area contributed by atoms with Crippen LogP contribution >= 0.6 is 0 Å². The minimum absolute atomic E-state index is 0.0510. The van der Waals surface area contributed by atoms with E-state index < -0.39 is 73.3 Å². The number of fused-ring (bicyclic) bond motifs is 5. The molecule has 5 atom stereocenters. The maximum absolute atomic E-state index is 15.0. The molecule has 1 aromatic heterocycles. The van der Waals surface area contributed by atoms with Crippen LogP contribution in [0.3, 0.4) is 0 Å². The fourth-order valence-corrected chi connectivity index (χ4v) is 11.5. The second kappa shape index (κ2) is 17.4. The first kappa shape index (κ1) is 44.7. The summed E-state index contributed by atoms with van der Waals surface area (Å²) in [4.78, 5) is 66.3. The third kappa shape index (κ3) is 8.92. The van der Waals surface area contributed by atoms with Crippen molar-refractivity contribution in [1.29, 1.82) is 0 Å². The van der Waals surface area contributed by atoms with Gasteiger partial charge in [-0.2, -0.15) is 0 Å². The lowest BCUT2D eigenvalue weighted by Crippen LogP contribution is -2.59. The quantitative estimate of drug-likeness (QED) is 0.281. The standard InChI is InChI=1S/C47H64N6O10S/c1-4-35-39-33(34-27-32(13-14-36(34)48-35)61-26-23-52-21-24-60-25-22-52)15-18-46(62-39)29-38-40(54)50-47(42(56)51-64(58,59)45(3)19-20-45)28-31(47)11-8-6-5-7-9-12-37(41(55)53(38)30-46)49-43(57)63-44(2)16-10-17-44/h8,11,13-14,27,31,37-38H,4-7,9-10,12,15-26,28-30H2,1-3H3,(H,49,57)(H,50,54)(H,51,56)/b11-8-/t31?,37-,38-,46+,47+/m0/s1. The van der Waals surface area contributed by atoms with Crippen LogP contribution in [0.4, 0.5) is 4.79 Å². The maximum atomic E-state index is 15.0. The van der Waals surface area contributed by atoms with Crippen LogP contribution in [0.25, 0.3) is 10.9 Å². The van der Waals surface area contributed by atoms with E-state index in [1.807, 2.05) is 44.2 Å². The molecule has 4 amide bonds. The number of carbonyl (C=O) groups excluding carboxylic acids is 4. The number of benzene rings is 1. The first-order valence-electron chi connectivity index (χ1n) is 23.6. The normalized spacial score (nSPS) is 30.5. The van der Waals surface area contributed by atoms with Crippen molar-refractivity contribution in [3.63, 3.8) is 0 Å². The second-order valence-corrected chi connectivity index (χ2v) is 22.0. The second-order valence-electron chi connectivity index (χ2n) is 19.8. The molecule has 0 radical (unpaired) electrons. The monoisotopic (exact) mass is 904 g/mol. The summed E-state index contributed by atoms with van der Waals surface area (Å²) < 4.78 is 52.6. The largest absolute Gasteiger partial charge is 0.492 e. The smallest absolute Gasteiger partial charge is 0.408 e. The van der Waals surface area contributed by atoms with Crippen LogP contribution < -0.4 is 24.8 Å². The molecular formula is C47H64N6O10S. The van der Waals surface area contributed by atoms with Crippen LogP contribution in [0, 0.1) is 5.92 Å². The Bertz CT molecular complexity index is 2310. The Balaban J connectivity index is 1.02. The molecule has 64 heavy (non-hydrogen) atoms. The molecule has 1 spiro atoms. The molecule has 2 aromatic rings. The highest BCUT2D eigenvalue weighted by atomic mass is 32.2. The number of ether oxygens (including phenoxy) is 4. The first-order chi connectivity index (χ1) is 30.6. The van der Waals surface area contributed by atoms with E-state index in [0.717, 1.165) is 92.9 Å². The molecule has 3 aliphatic carbocycles. The van der Waals surface area contributed by atoms with Crippen LogP contribution in [0.2, 0.25) is 0 Å². The highest BCUT2D eigenvalue weighted by molar-refractivity contribution is 7.91. The zero-order chi connectivity index (χ0) is 44.9. The number of aromatic nitrogens is 1. The molecule has 2 saturated heterocycles. The molecule has 1 unspecified atom stereocenters. The Hall–Kier alpha value is -4.48. The van der Waals surface area contributed by atoms with E-state index in [1.165, 1.54) is 4.90 Å². The van der Waals surface area contributed by atoms with Gasteiger partial charge in [0.15, 0.2) is 0 Å². The van der Waals surface area contributed by atoms with Crippen LogP contribution in [0.15, 0.2) is 30.4 Å². The lowest BCUT2D eigenvalue weighted by atomic mass is 9.82. The maximum Gasteiger partial charge on any atom is 0.408 e. The number of carbonyl (C=O) groups is 4. The molecule has 0 bridgehead atoms. The SMILES string of the molecule is CCc1nc2ccc(OCCN3CCOCC3)cc2c2c1O[C@]1(CC2)C[C@H]2C(=O)N[C@]3(C(=O)NS(=O)(=O)C4(C)CC4)CC3/C=C\CCCCC[C@H](NC(=O)OC3(C)CCC3)C(=O)N2C1. The summed E-state index contributed by atoms with van der Waals surface area (Å²) in [5.74, 6) is -0.851. The Kier molecular flexibility index (Phi) is 12.1. The van der Waals surface area contributed by atoms with Gasteiger partial charge in [-0.05, 0) is 109 Å². The van der Waals surface area contributed by atoms with Crippen LogP contribution in [-0.2, 0) is 46.7 Å². The predicted molar refractivity (Wildman–Crippen MR) is 237 cm³/mol. The van der Waals surface area contributed by atoms with Gasteiger partial charge < -0.3 is 34.5 Å². The van der Waals surface area contributed by atoms with E-state index in [9.17, 15) is 22.8 Å². The van der Waals surface area contributed by atoms with Gasteiger partial charge >= 0.3 is 6.09 Å². The van der Waals surface area contributed by atoms with Crippen molar-refractivity contribution in [1.82, 2.24) is 30.1 Å². The van der Waals surface area contributed by atoms with E-state index in [4.69, 9.17) is 23.9 Å². The van der Waals surface area contributed by atoms with E-state index in [2.05, 4.69) is 20.3 Å². The molecule has 3 saturated carbocycles. The molecule has 17 heteroatoms. The predicted octanol–water partition coefficient (Wildman–Crippen LogP) is 4.60. The minimum atomic E-state index is -4.00. The fourth-order valence-electron chi connectivity index (χ4n) is 10.2. The van der Waals surface area contributed by atoms with Crippen molar-refractivity contribution in [3.05, 3.63) is 41.6 Å². The van der Waals surface area contributed by atoms with E-state index in [1.54, 1.807) is 6.92 Å². The van der Waals surface area contributed by atoms with Crippen molar-refractivity contribution in [3.8, 4) is 11.5 Å². The lowest BCUT2D eigenvalue weighted by molar-refractivity contribution is -0.141. The molecule has 7 aliphatic rings. The molecule has 3 N–H and O–H groups in total. The van der Waals surface area contributed by atoms with Gasteiger partial charge in [0, 0.05) is 42.9 Å². The summed E-state index contributed by atoms with van der Waals surface area (Å²) in [5, 5.41) is 6.80. The van der Waals surface area contributed by atoms with Gasteiger partial charge in [0.1, 0.15) is 46.9 Å². The molecule has 348 valence electrons. The van der Waals surface area contributed by atoms with Crippen molar-refractivity contribution in [2.45, 2.75) is 151 Å². The third-order valence-electron chi connectivity index (χ3n) is 15.0. The average molecular weight is 905 g/mol.